The molecule has 0 radical (unpaired) electrons. The molecule has 0 amide bonds. The van der Waals surface area contributed by atoms with E-state index >= 15 is 0 Å². The molecule has 0 fully saturated rings. The molecule has 0 spiro atoms. The second kappa shape index (κ2) is 6.99. The van der Waals surface area contributed by atoms with Crippen LogP contribution in [0.25, 0.3) is 0 Å². The van der Waals surface area contributed by atoms with Crippen molar-refractivity contribution in [3.8, 4) is 0 Å². The third-order valence-electron chi connectivity index (χ3n) is 2.70. The molecular formula is C11H13F3O7S. The number of ether oxygens (including phenoxy) is 2. The van der Waals surface area contributed by atoms with E-state index in [0.717, 1.165) is 0 Å². The summed E-state index contributed by atoms with van der Waals surface area (Å²) in [7, 11) is -4.65. The number of hydrogen-bond acceptors (Lipinski definition) is 7. The largest absolute Gasteiger partial charge is 0.534 e. The van der Waals surface area contributed by atoms with Crippen LogP contribution in [0.4, 0.5) is 13.2 Å². The van der Waals surface area contributed by atoms with Gasteiger partial charge in [0, 0.05) is 6.42 Å². The van der Waals surface area contributed by atoms with Crippen LogP contribution >= 0.6 is 0 Å². The van der Waals surface area contributed by atoms with Gasteiger partial charge < -0.3 is 13.7 Å². The maximum atomic E-state index is 12.2. The van der Waals surface area contributed by atoms with Crippen molar-refractivity contribution in [2.75, 3.05) is 13.7 Å². The third-order valence-corrected chi connectivity index (χ3v) is 3.68. The number of unbranched alkanes of at least 4 members (excludes halogenated alkanes) is 1. The lowest BCUT2D eigenvalue weighted by Gasteiger charge is -2.10. The topological polar surface area (TPSA) is 96.0 Å². The summed E-state index contributed by atoms with van der Waals surface area (Å²) in [5.41, 5.74) is -5.88. The molecule has 0 bridgehead atoms. The van der Waals surface area contributed by atoms with Gasteiger partial charge in [0.05, 0.1) is 12.7 Å². The van der Waals surface area contributed by atoms with Crippen molar-refractivity contribution in [3.05, 3.63) is 11.3 Å². The smallest absolute Gasteiger partial charge is 0.469 e. The zero-order valence-electron chi connectivity index (χ0n) is 11.4. The van der Waals surface area contributed by atoms with E-state index in [1.807, 2.05) is 0 Å². The van der Waals surface area contributed by atoms with Gasteiger partial charge in [-0.05, 0) is 19.3 Å². The predicted octanol–water partition coefficient (Wildman–Crippen LogP) is 1.40. The van der Waals surface area contributed by atoms with Crippen molar-refractivity contribution in [2.45, 2.75) is 31.2 Å². The summed E-state index contributed by atoms with van der Waals surface area (Å²) in [5, 5.41) is 0. The highest BCUT2D eigenvalue weighted by molar-refractivity contribution is 7.87. The molecule has 1 heterocycles. The van der Waals surface area contributed by atoms with E-state index in [4.69, 9.17) is 0 Å². The van der Waals surface area contributed by atoms with Gasteiger partial charge in [0.2, 0.25) is 0 Å². The van der Waals surface area contributed by atoms with Gasteiger partial charge in [0.25, 0.3) is 0 Å². The summed E-state index contributed by atoms with van der Waals surface area (Å²) < 4.78 is 71.3. The first-order valence-corrected chi connectivity index (χ1v) is 7.46. The van der Waals surface area contributed by atoms with Crippen molar-refractivity contribution >= 4 is 22.1 Å². The highest BCUT2D eigenvalue weighted by atomic mass is 32.2. The Balaban J connectivity index is 2.72. The fourth-order valence-corrected chi connectivity index (χ4v) is 2.10. The van der Waals surface area contributed by atoms with Gasteiger partial charge in [-0.3, -0.25) is 4.79 Å². The number of alkyl halides is 3. The molecule has 0 aromatic carbocycles. The molecule has 1 aliphatic rings. The van der Waals surface area contributed by atoms with Gasteiger partial charge in [-0.15, -0.1) is 0 Å². The first-order chi connectivity index (χ1) is 10.1. The Morgan fingerprint density at radius 3 is 2.50 bits per heavy atom. The highest BCUT2D eigenvalue weighted by Gasteiger charge is 2.49. The molecule has 0 saturated carbocycles. The minimum absolute atomic E-state index is 0.0653. The molecule has 1 aliphatic heterocycles. The Labute approximate surface area is 124 Å². The molecule has 0 saturated heterocycles. The van der Waals surface area contributed by atoms with E-state index in [0.29, 0.717) is 6.42 Å². The molecule has 126 valence electrons. The third kappa shape index (κ3) is 4.61. The van der Waals surface area contributed by atoms with E-state index in [2.05, 4.69) is 13.7 Å². The number of cyclic esters (lactones) is 1. The van der Waals surface area contributed by atoms with Crippen LogP contribution in [-0.2, 0) is 33.4 Å². The predicted molar refractivity (Wildman–Crippen MR) is 64.5 cm³/mol. The molecule has 0 aromatic heterocycles. The minimum Gasteiger partial charge on any atom is -0.469 e. The summed E-state index contributed by atoms with van der Waals surface area (Å²) in [6, 6.07) is 0. The summed E-state index contributed by atoms with van der Waals surface area (Å²) in [6.07, 6.45) is 0.551. The molecule has 0 aliphatic carbocycles. The summed E-state index contributed by atoms with van der Waals surface area (Å²) >= 11 is 0. The van der Waals surface area contributed by atoms with Gasteiger partial charge in [-0.2, -0.15) is 21.6 Å². The van der Waals surface area contributed by atoms with Crippen LogP contribution in [0.5, 0.6) is 0 Å². The average Bonchev–Trinajstić information content (AvgIpc) is 2.73. The highest BCUT2D eigenvalue weighted by Crippen LogP contribution is 2.30. The Hall–Kier alpha value is -1.78. The number of carbonyl (C=O) groups is 2. The number of methoxy groups -OCH3 is 1. The molecule has 0 unspecified atom stereocenters. The van der Waals surface area contributed by atoms with E-state index < -0.39 is 39.9 Å². The van der Waals surface area contributed by atoms with Crippen molar-refractivity contribution in [1.29, 1.82) is 0 Å². The van der Waals surface area contributed by atoms with E-state index in [1.54, 1.807) is 0 Å². The Morgan fingerprint density at radius 1 is 1.32 bits per heavy atom. The Bertz CT molecular complexity index is 577. The van der Waals surface area contributed by atoms with Crippen LogP contribution in [0, 0.1) is 0 Å². The van der Waals surface area contributed by atoms with Crippen LogP contribution < -0.4 is 0 Å². The molecule has 22 heavy (non-hydrogen) atoms. The van der Waals surface area contributed by atoms with E-state index in [-0.39, 0.29) is 24.8 Å². The standard InChI is InChI=1S/C11H13F3O7S/c1-19-9(15)5-3-2-4-7-8(6-20-10(7)16)21-22(17,18)11(12,13)14/h2-6H2,1H3. The first-order valence-electron chi connectivity index (χ1n) is 6.05. The lowest BCUT2D eigenvalue weighted by Crippen LogP contribution is -2.25. The van der Waals surface area contributed by atoms with Crippen LogP contribution in [0.2, 0.25) is 0 Å². The maximum absolute atomic E-state index is 12.2. The van der Waals surface area contributed by atoms with Crippen LogP contribution in [0.15, 0.2) is 11.3 Å². The number of hydrogen-bond donors (Lipinski definition) is 0. The molecule has 0 N–H and O–H groups in total. The van der Waals surface area contributed by atoms with Crippen molar-refractivity contribution in [3.63, 3.8) is 0 Å². The zero-order chi connectivity index (χ0) is 17.0. The minimum atomic E-state index is -5.85. The number of carbonyl (C=O) groups excluding carboxylic acids is 2. The molecular weight excluding hydrogens is 333 g/mol. The van der Waals surface area contributed by atoms with Gasteiger partial charge >= 0.3 is 27.6 Å². The normalized spacial score (nSPS) is 15.7. The van der Waals surface area contributed by atoms with Crippen molar-refractivity contribution in [2.24, 2.45) is 0 Å². The lowest BCUT2D eigenvalue weighted by atomic mass is 10.1. The van der Waals surface area contributed by atoms with Crippen LogP contribution in [-0.4, -0.2) is 39.6 Å². The second-order valence-electron chi connectivity index (χ2n) is 4.24. The van der Waals surface area contributed by atoms with Crippen LogP contribution in [0.3, 0.4) is 0 Å². The quantitative estimate of drug-likeness (QED) is 0.297. The average molecular weight is 346 g/mol. The van der Waals surface area contributed by atoms with Gasteiger partial charge in [-0.1, -0.05) is 0 Å². The molecule has 0 atom stereocenters. The van der Waals surface area contributed by atoms with E-state index in [9.17, 15) is 31.2 Å². The Morgan fingerprint density at radius 2 is 1.95 bits per heavy atom. The SMILES string of the molecule is COC(=O)CCCCC1=C(OS(=O)(=O)C(F)(F)F)COC1=O. The van der Waals surface area contributed by atoms with Gasteiger partial charge in [0.1, 0.15) is 0 Å². The fourth-order valence-electron chi connectivity index (χ4n) is 1.59. The van der Waals surface area contributed by atoms with E-state index in [1.165, 1.54) is 7.11 Å². The molecule has 1 rings (SSSR count). The van der Waals surface area contributed by atoms with Gasteiger partial charge in [-0.25, -0.2) is 4.79 Å². The maximum Gasteiger partial charge on any atom is 0.534 e. The molecule has 0 aromatic rings. The summed E-state index contributed by atoms with van der Waals surface area (Å²) in [6.45, 7) is -0.680. The number of rotatable bonds is 7. The zero-order valence-corrected chi connectivity index (χ0v) is 12.3. The number of esters is 2. The summed E-state index contributed by atoms with van der Waals surface area (Å²) in [4.78, 5) is 22.3. The van der Waals surface area contributed by atoms with Crippen LogP contribution in [0.1, 0.15) is 25.7 Å². The molecule has 11 heteroatoms. The summed E-state index contributed by atoms with van der Waals surface area (Å²) in [5.74, 6) is -2.09. The second-order valence-corrected chi connectivity index (χ2v) is 5.78. The van der Waals surface area contributed by atoms with Crippen molar-refractivity contribution < 1.29 is 44.8 Å². The van der Waals surface area contributed by atoms with Crippen molar-refractivity contribution in [1.82, 2.24) is 0 Å². The first kappa shape index (κ1) is 18.3. The number of halogens is 3. The van der Waals surface area contributed by atoms with Gasteiger partial charge in [0.15, 0.2) is 12.4 Å². The monoisotopic (exact) mass is 346 g/mol. The Kier molecular flexibility index (Phi) is 5.80. The fraction of sp³-hybridized carbons (Fsp3) is 0.636. The molecule has 7 nitrogen and oxygen atoms in total. The lowest BCUT2D eigenvalue weighted by molar-refractivity contribution is -0.140.